The molecule has 1 aliphatic heterocycles. The quantitative estimate of drug-likeness (QED) is 0.738. The van der Waals surface area contributed by atoms with Crippen molar-refractivity contribution in [2.24, 2.45) is 5.92 Å². The maximum absolute atomic E-state index is 12.7. The number of rotatable bonds is 7. The van der Waals surface area contributed by atoms with Gasteiger partial charge in [0.2, 0.25) is 5.91 Å². The highest BCUT2D eigenvalue weighted by molar-refractivity contribution is 7.91. The number of benzene rings is 1. The summed E-state index contributed by atoms with van der Waals surface area (Å²) in [6.07, 6.45) is 1.34. The molecule has 152 valence electrons. The molecule has 7 nitrogen and oxygen atoms in total. The monoisotopic (exact) mass is 424 g/mol. The number of nitrogens with one attached hydrogen (secondary N) is 1. The summed E-state index contributed by atoms with van der Waals surface area (Å²) in [4.78, 5) is 12.6. The summed E-state index contributed by atoms with van der Waals surface area (Å²) >= 11 is 1.19. The minimum absolute atomic E-state index is 0.138. The Hall–Kier alpha value is -2.10. The lowest BCUT2D eigenvalue weighted by molar-refractivity contribution is -0.126. The van der Waals surface area contributed by atoms with Crippen molar-refractivity contribution >= 4 is 27.3 Å². The molecular weight excluding hydrogens is 400 g/mol. The van der Waals surface area contributed by atoms with Crippen LogP contribution >= 0.6 is 11.3 Å². The first-order chi connectivity index (χ1) is 13.5. The number of piperidine rings is 1. The third-order valence-corrected chi connectivity index (χ3v) is 8.00. The molecule has 9 heteroatoms. The van der Waals surface area contributed by atoms with Gasteiger partial charge in [0.05, 0.1) is 20.1 Å². The summed E-state index contributed by atoms with van der Waals surface area (Å²) in [6, 6.07) is 8.77. The summed E-state index contributed by atoms with van der Waals surface area (Å²) in [7, 11) is -0.399. The average molecular weight is 425 g/mol. The van der Waals surface area contributed by atoms with E-state index in [2.05, 4.69) is 5.32 Å². The van der Waals surface area contributed by atoms with Gasteiger partial charge in [-0.15, -0.1) is 11.3 Å². The summed E-state index contributed by atoms with van der Waals surface area (Å²) < 4.78 is 37.6. The summed E-state index contributed by atoms with van der Waals surface area (Å²) in [6.45, 7) is 0.991. The standard InChI is InChI=1S/C19H24N2O5S2/c1-25-16-8-7-14(11-17(16)26-2)12-20-19(22)15-5-3-9-21(13-15)28(23,24)18-6-4-10-27-18/h4,6-8,10-11,15H,3,5,9,12-13H2,1-2H3,(H,20,22). The van der Waals surface area contributed by atoms with Gasteiger partial charge in [-0.25, -0.2) is 8.42 Å². The summed E-state index contributed by atoms with van der Waals surface area (Å²) in [5.41, 5.74) is 0.880. The predicted molar refractivity (Wildman–Crippen MR) is 107 cm³/mol. The van der Waals surface area contributed by atoms with Crippen LogP contribution in [0.4, 0.5) is 0 Å². The molecule has 1 unspecified atom stereocenters. The molecule has 0 saturated carbocycles. The topological polar surface area (TPSA) is 84.9 Å². The number of carbonyl (C=O) groups excluding carboxylic acids is 1. The van der Waals surface area contributed by atoms with E-state index in [-0.39, 0.29) is 18.4 Å². The number of carbonyl (C=O) groups is 1. The van der Waals surface area contributed by atoms with Crippen molar-refractivity contribution in [3.63, 3.8) is 0 Å². The first-order valence-corrected chi connectivity index (χ1v) is 11.3. The van der Waals surface area contributed by atoms with E-state index in [4.69, 9.17) is 9.47 Å². The van der Waals surface area contributed by atoms with Crippen molar-refractivity contribution in [3.05, 3.63) is 41.3 Å². The molecule has 1 saturated heterocycles. The van der Waals surface area contributed by atoms with Crippen molar-refractivity contribution in [1.29, 1.82) is 0 Å². The Morgan fingerprint density at radius 2 is 2.04 bits per heavy atom. The Balaban J connectivity index is 1.62. The van der Waals surface area contributed by atoms with Crippen molar-refractivity contribution in [1.82, 2.24) is 9.62 Å². The number of thiophene rings is 1. The molecule has 1 aromatic carbocycles. The maximum Gasteiger partial charge on any atom is 0.252 e. The largest absolute Gasteiger partial charge is 0.493 e. The van der Waals surface area contributed by atoms with Crippen molar-refractivity contribution in [2.75, 3.05) is 27.3 Å². The molecule has 0 aliphatic carbocycles. The van der Waals surface area contributed by atoms with Crippen LogP contribution in [0.15, 0.2) is 39.9 Å². The Morgan fingerprint density at radius 3 is 2.71 bits per heavy atom. The van der Waals surface area contributed by atoms with Gasteiger partial charge in [0, 0.05) is 19.6 Å². The second-order valence-corrected chi connectivity index (χ2v) is 9.65. The number of nitrogens with zero attached hydrogens (tertiary/aromatic N) is 1. The fraction of sp³-hybridized carbons (Fsp3) is 0.421. The van der Waals surface area contributed by atoms with Gasteiger partial charge in [0.15, 0.2) is 11.5 Å². The van der Waals surface area contributed by atoms with E-state index in [0.29, 0.717) is 41.6 Å². The van der Waals surface area contributed by atoms with E-state index in [0.717, 1.165) is 5.56 Å². The van der Waals surface area contributed by atoms with Gasteiger partial charge in [0.1, 0.15) is 4.21 Å². The molecule has 1 aromatic heterocycles. The molecule has 1 fully saturated rings. The molecule has 2 aromatic rings. The highest BCUT2D eigenvalue weighted by atomic mass is 32.2. The van der Waals surface area contributed by atoms with E-state index in [1.54, 1.807) is 37.8 Å². The fourth-order valence-electron chi connectivity index (χ4n) is 3.24. The third-order valence-electron chi connectivity index (χ3n) is 4.76. The van der Waals surface area contributed by atoms with Crippen molar-refractivity contribution in [3.8, 4) is 11.5 Å². The van der Waals surface area contributed by atoms with Gasteiger partial charge in [-0.2, -0.15) is 4.31 Å². The highest BCUT2D eigenvalue weighted by Gasteiger charge is 2.33. The highest BCUT2D eigenvalue weighted by Crippen LogP contribution is 2.28. The number of methoxy groups -OCH3 is 2. The lowest BCUT2D eigenvalue weighted by Gasteiger charge is -2.30. The van der Waals surface area contributed by atoms with Crippen LogP contribution in [0, 0.1) is 5.92 Å². The second-order valence-electron chi connectivity index (χ2n) is 6.54. The number of amides is 1. The fourth-order valence-corrected chi connectivity index (χ4v) is 5.90. The van der Waals surface area contributed by atoms with Gasteiger partial charge in [0.25, 0.3) is 10.0 Å². The summed E-state index contributed by atoms with van der Waals surface area (Å²) in [5, 5.41) is 4.65. The lowest BCUT2D eigenvalue weighted by atomic mass is 9.98. The van der Waals surface area contributed by atoms with Crippen LogP contribution in [0.2, 0.25) is 0 Å². The first kappa shape index (κ1) is 20.6. The predicted octanol–water partition coefficient (Wildman–Crippen LogP) is 2.48. The molecule has 0 bridgehead atoms. The summed E-state index contributed by atoms with van der Waals surface area (Å²) in [5.74, 6) is 0.726. The van der Waals surface area contributed by atoms with Crippen LogP contribution in [0.3, 0.4) is 0 Å². The molecule has 1 amide bonds. The zero-order chi connectivity index (χ0) is 20.1. The van der Waals surface area contributed by atoms with Crippen LogP contribution in [-0.4, -0.2) is 45.9 Å². The Labute approximate surface area is 169 Å². The molecule has 1 atom stereocenters. The van der Waals surface area contributed by atoms with Gasteiger partial charge < -0.3 is 14.8 Å². The molecule has 1 aliphatic rings. The first-order valence-electron chi connectivity index (χ1n) is 8.98. The van der Waals surface area contributed by atoms with Crippen LogP contribution < -0.4 is 14.8 Å². The number of hydrogen-bond acceptors (Lipinski definition) is 6. The molecule has 1 N–H and O–H groups in total. The smallest absolute Gasteiger partial charge is 0.252 e. The van der Waals surface area contributed by atoms with Gasteiger partial charge in [-0.1, -0.05) is 12.1 Å². The van der Waals surface area contributed by atoms with E-state index in [1.165, 1.54) is 15.6 Å². The molecule has 28 heavy (non-hydrogen) atoms. The maximum atomic E-state index is 12.7. The van der Waals surface area contributed by atoms with E-state index in [9.17, 15) is 13.2 Å². The van der Waals surface area contributed by atoms with Crippen LogP contribution in [0.1, 0.15) is 18.4 Å². The van der Waals surface area contributed by atoms with Crippen LogP contribution in [0.25, 0.3) is 0 Å². The van der Waals surface area contributed by atoms with Crippen molar-refractivity contribution < 1.29 is 22.7 Å². The zero-order valence-corrected chi connectivity index (χ0v) is 17.5. The average Bonchev–Trinajstić information content (AvgIpc) is 3.27. The van der Waals surface area contributed by atoms with E-state index >= 15 is 0 Å². The van der Waals surface area contributed by atoms with E-state index in [1.807, 2.05) is 12.1 Å². The lowest BCUT2D eigenvalue weighted by Crippen LogP contribution is -2.45. The third kappa shape index (κ3) is 4.48. The molecule has 3 rings (SSSR count). The minimum atomic E-state index is -3.53. The van der Waals surface area contributed by atoms with Gasteiger partial charge in [-0.3, -0.25) is 4.79 Å². The Bertz CT molecular complexity index is 912. The Morgan fingerprint density at radius 1 is 1.25 bits per heavy atom. The number of sulfonamides is 1. The SMILES string of the molecule is COc1ccc(CNC(=O)C2CCCN(S(=O)(=O)c3cccs3)C2)cc1OC. The molecular formula is C19H24N2O5S2. The normalized spacial score (nSPS) is 17.9. The number of hydrogen-bond donors (Lipinski definition) is 1. The van der Waals surface area contributed by atoms with Crippen LogP contribution in [0.5, 0.6) is 11.5 Å². The molecule has 0 radical (unpaired) electrons. The molecule has 2 heterocycles. The molecule has 0 spiro atoms. The zero-order valence-electron chi connectivity index (χ0n) is 15.9. The Kier molecular flexibility index (Phi) is 6.58. The van der Waals surface area contributed by atoms with Crippen LogP contribution in [-0.2, 0) is 21.4 Å². The van der Waals surface area contributed by atoms with Gasteiger partial charge >= 0.3 is 0 Å². The second kappa shape index (κ2) is 8.93. The minimum Gasteiger partial charge on any atom is -0.493 e. The number of ether oxygens (including phenoxy) is 2. The van der Waals surface area contributed by atoms with Crippen molar-refractivity contribution in [2.45, 2.75) is 23.6 Å². The van der Waals surface area contributed by atoms with E-state index < -0.39 is 10.0 Å². The van der Waals surface area contributed by atoms with Gasteiger partial charge in [-0.05, 0) is 42.0 Å².